The minimum atomic E-state index is -1.21. The van der Waals surface area contributed by atoms with E-state index >= 15 is 0 Å². The fraction of sp³-hybridized carbons (Fsp3) is 0.407. The number of carbonyl (C=O) groups is 4. The van der Waals surface area contributed by atoms with Crippen LogP contribution in [-0.4, -0.2) is 70.4 Å². The van der Waals surface area contributed by atoms with E-state index < -0.39 is 35.3 Å². The summed E-state index contributed by atoms with van der Waals surface area (Å²) in [5.41, 5.74) is 0.945. The standard InChI is InChI=1S/C27H27N3O6/c31-23-9-8-21(24(32)28-23)30-25(33)18-7-6-17(12-19(18)26(30)34)27(35)10-11-29(22-15-36-14-20(22)27)13-16-4-2-1-3-5-16/h1-7,12,20-22,35H,8-11,13-15H2,(H,28,31,32). The van der Waals surface area contributed by atoms with Crippen molar-refractivity contribution in [3.05, 3.63) is 70.8 Å². The van der Waals surface area contributed by atoms with Crippen molar-refractivity contribution in [2.75, 3.05) is 19.8 Å². The molecule has 6 rings (SSSR count). The van der Waals surface area contributed by atoms with Crippen molar-refractivity contribution in [3.8, 4) is 0 Å². The van der Waals surface area contributed by atoms with Crippen molar-refractivity contribution in [1.29, 1.82) is 0 Å². The van der Waals surface area contributed by atoms with Crippen molar-refractivity contribution in [2.45, 2.75) is 43.5 Å². The highest BCUT2D eigenvalue weighted by Crippen LogP contribution is 2.45. The zero-order valence-electron chi connectivity index (χ0n) is 19.7. The summed E-state index contributed by atoms with van der Waals surface area (Å²) in [6.45, 7) is 2.34. The van der Waals surface area contributed by atoms with Crippen LogP contribution >= 0.6 is 0 Å². The van der Waals surface area contributed by atoms with Crippen molar-refractivity contribution < 1.29 is 29.0 Å². The van der Waals surface area contributed by atoms with E-state index in [0.29, 0.717) is 31.7 Å². The van der Waals surface area contributed by atoms with Crippen LogP contribution < -0.4 is 5.32 Å². The van der Waals surface area contributed by atoms with Gasteiger partial charge >= 0.3 is 0 Å². The highest BCUT2D eigenvalue weighted by atomic mass is 16.5. The number of rotatable bonds is 4. The van der Waals surface area contributed by atoms with Gasteiger partial charge in [-0.05, 0) is 36.1 Å². The predicted molar refractivity (Wildman–Crippen MR) is 127 cm³/mol. The van der Waals surface area contributed by atoms with Gasteiger partial charge in [-0.2, -0.15) is 0 Å². The van der Waals surface area contributed by atoms with Crippen LogP contribution in [0.4, 0.5) is 0 Å². The third kappa shape index (κ3) is 3.57. The first kappa shape index (κ1) is 23.0. The first-order valence-electron chi connectivity index (χ1n) is 12.3. The van der Waals surface area contributed by atoms with Gasteiger partial charge in [0, 0.05) is 31.5 Å². The predicted octanol–water partition coefficient (Wildman–Crippen LogP) is 1.20. The quantitative estimate of drug-likeness (QED) is 0.620. The number of benzene rings is 2. The fourth-order valence-electron chi connectivity index (χ4n) is 6.14. The number of aliphatic hydroxyl groups is 1. The number of carbonyl (C=O) groups excluding carboxylic acids is 4. The molecule has 4 atom stereocenters. The van der Waals surface area contributed by atoms with Crippen LogP contribution in [0.5, 0.6) is 0 Å². The Morgan fingerprint density at radius 3 is 2.56 bits per heavy atom. The first-order chi connectivity index (χ1) is 17.4. The number of piperidine rings is 2. The van der Waals surface area contributed by atoms with Crippen molar-refractivity contribution in [1.82, 2.24) is 15.1 Å². The molecule has 4 heterocycles. The van der Waals surface area contributed by atoms with Gasteiger partial charge < -0.3 is 9.84 Å². The summed E-state index contributed by atoms with van der Waals surface area (Å²) in [6.07, 6.45) is 0.630. The van der Waals surface area contributed by atoms with Crippen LogP contribution in [-0.2, 0) is 26.5 Å². The van der Waals surface area contributed by atoms with Crippen LogP contribution in [0.25, 0.3) is 0 Å². The summed E-state index contributed by atoms with van der Waals surface area (Å²) in [4.78, 5) is 53.5. The van der Waals surface area contributed by atoms with E-state index in [1.165, 1.54) is 5.56 Å². The molecule has 9 nitrogen and oxygen atoms in total. The number of imide groups is 2. The van der Waals surface area contributed by atoms with Crippen molar-refractivity contribution >= 4 is 23.6 Å². The number of ether oxygens (including phenoxy) is 1. The molecular formula is C27H27N3O6. The van der Waals surface area contributed by atoms with Gasteiger partial charge in [-0.3, -0.25) is 34.3 Å². The minimum Gasteiger partial charge on any atom is -0.385 e. The normalized spacial score (nSPS) is 30.4. The Labute approximate surface area is 208 Å². The molecular weight excluding hydrogens is 462 g/mol. The lowest BCUT2D eigenvalue weighted by Gasteiger charge is -2.47. The number of likely N-dealkylation sites (tertiary alicyclic amines) is 1. The molecule has 0 aromatic heterocycles. The second-order valence-corrected chi connectivity index (χ2v) is 10.0. The van der Waals surface area contributed by atoms with Crippen LogP contribution in [0.3, 0.4) is 0 Å². The third-order valence-electron chi connectivity index (χ3n) is 8.08. The monoisotopic (exact) mass is 489 g/mol. The lowest BCUT2D eigenvalue weighted by molar-refractivity contribution is -0.136. The SMILES string of the molecule is O=C1CCC(N2C(=O)c3ccc(C4(O)CCN(Cc5ccccc5)C5COCC54)cc3C2=O)C(=O)N1. The van der Waals surface area contributed by atoms with Crippen LogP contribution in [0, 0.1) is 5.92 Å². The van der Waals surface area contributed by atoms with Crippen LogP contribution in [0.1, 0.15) is 51.1 Å². The molecule has 2 N–H and O–H groups in total. The molecule has 4 unspecified atom stereocenters. The van der Waals surface area contributed by atoms with Gasteiger partial charge in [0.05, 0.1) is 29.9 Å². The Kier molecular flexibility index (Phi) is 5.51. The summed E-state index contributed by atoms with van der Waals surface area (Å²) in [6, 6.07) is 14.1. The average molecular weight is 490 g/mol. The minimum absolute atomic E-state index is 0.0227. The zero-order chi connectivity index (χ0) is 25.0. The molecule has 0 spiro atoms. The maximum absolute atomic E-state index is 13.3. The highest BCUT2D eigenvalue weighted by Gasteiger charge is 2.52. The number of nitrogens with zero attached hydrogens (tertiary/aromatic N) is 2. The van der Waals surface area contributed by atoms with Gasteiger partial charge in [-0.1, -0.05) is 36.4 Å². The molecule has 0 saturated carbocycles. The van der Waals surface area contributed by atoms with Crippen molar-refractivity contribution in [2.24, 2.45) is 5.92 Å². The number of hydrogen-bond donors (Lipinski definition) is 2. The maximum atomic E-state index is 13.3. The van der Waals surface area contributed by atoms with Gasteiger partial charge in [-0.25, -0.2) is 0 Å². The molecule has 0 aliphatic carbocycles. The lowest BCUT2D eigenvalue weighted by Crippen LogP contribution is -2.55. The van der Waals surface area contributed by atoms with Gasteiger partial charge in [-0.15, -0.1) is 0 Å². The number of fused-ring (bicyclic) bond motifs is 2. The van der Waals surface area contributed by atoms with Gasteiger partial charge in [0.25, 0.3) is 11.8 Å². The maximum Gasteiger partial charge on any atom is 0.262 e. The second-order valence-electron chi connectivity index (χ2n) is 10.0. The molecule has 4 aliphatic rings. The molecule has 2 aromatic carbocycles. The summed E-state index contributed by atoms with van der Waals surface area (Å²) in [5.74, 6) is -2.37. The zero-order valence-corrected chi connectivity index (χ0v) is 19.7. The largest absolute Gasteiger partial charge is 0.385 e. The number of amides is 4. The van der Waals surface area contributed by atoms with Gasteiger partial charge in [0.1, 0.15) is 6.04 Å². The van der Waals surface area contributed by atoms with Crippen molar-refractivity contribution in [3.63, 3.8) is 0 Å². The topological polar surface area (TPSA) is 116 Å². The molecule has 4 aliphatic heterocycles. The smallest absolute Gasteiger partial charge is 0.262 e. The molecule has 4 amide bonds. The average Bonchev–Trinajstić information content (AvgIpc) is 3.47. The Hall–Kier alpha value is -3.40. The summed E-state index contributed by atoms with van der Waals surface area (Å²) in [5, 5.41) is 14.2. The van der Waals surface area contributed by atoms with E-state index in [9.17, 15) is 24.3 Å². The molecule has 0 bridgehead atoms. The molecule has 186 valence electrons. The molecule has 3 saturated heterocycles. The van der Waals surface area contributed by atoms with E-state index in [1.54, 1.807) is 18.2 Å². The van der Waals surface area contributed by atoms with E-state index in [4.69, 9.17) is 4.74 Å². The van der Waals surface area contributed by atoms with E-state index in [2.05, 4.69) is 22.3 Å². The van der Waals surface area contributed by atoms with E-state index in [-0.39, 0.29) is 35.9 Å². The Balaban J connectivity index is 1.27. The first-order valence-corrected chi connectivity index (χ1v) is 12.3. The van der Waals surface area contributed by atoms with Gasteiger partial charge in [0.2, 0.25) is 11.8 Å². The highest BCUT2D eigenvalue weighted by molar-refractivity contribution is 6.23. The third-order valence-corrected chi connectivity index (χ3v) is 8.08. The molecule has 0 radical (unpaired) electrons. The fourth-order valence-corrected chi connectivity index (χ4v) is 6.14. The number of hydrogen-bond acceptors (Lipinski definition) is 7. The van der Waals surface area contributed by atoms with E-state index in [0.717, 1.165) is 11.4 Å². The molecule has 36 heavy (non-hydrogen) atoms. The molecule has 2 aromatic rings. The second kappa shape index (κ2) is 8.62. The van der Waals surface area contributed by atoms with Gasteiger partial charge in [0.15, 0.2) is 0 Å². The number of nitrogens with one attached hydrogen (secondary N) is 1. The lowest BCUT2D eigenvalue weighted by atomic mass is 9.72. The van der Waals surface area contributed by atoms with Crippen LogP contribution in [0.2, 0.25) is 0 Å². The Bertz CT molecular complexity index is 1260. The summed E-state index contributed by atoms with van der Waals surface area (Å²) < 4.78 is 5.82. The Morgan fingerprint density at radius 2 is 1.78 bits per heavy atom. The molecule has 9 heteroatoms. The summed E-state index contributed by atoms with van der Waals surface area (Å²) in [7, 11) is 0. The Morgan fingerprint density at radius 1 is 1.00 bits per heavy atom. The van der Waals surface area contributed by atoms with Crippen LogP contribution in [0.15, 0.2) is 48.5 Å². The van der Waals surface area contributed by atoms with E-state index in [1.807, 2.05) is 18.2 Å². The molecule has 3 fully saturated rings. The summed E-state index contributed by atoms with van der Waals surface area (Å²) >= 11 is 0.